The van der Waals surface area contributed by atoms with Gasteiger partial charge in [-0.1, -0.05) is 60.7 Å². The predicted molar refractivity (Wildman–Crippen MR) is 118 cm³/mol. The van der Waals surface area contributed by atoms with Gasteiger partial charge in [-0.3, -0.25) is 4.79 Å². The van der Waals surface area contributed by atoms with Crippen LogP contribution in [0.1, 0.15) is 23.5 Å². The van der Waals surface area contributed by atoms with Gasteiger partial charge in [-0.05, 0) is 29.8 Å². The Bertz CT molecular complexity index is 1290. The van der Waals surface area contributed by atoms with E-state index in [4.69, 9.17) is 9.84 Å². The molecule has 3 heterocycles. The molecule has 2 aliphatic rings. The summed E-state index contributed by atoms with van der Waals surface area (Å²) in [7, 11) is 0. The van der Waals surface area contributed by atoms with Gasteiger partial charge in [-0.15, -0.1) is 0 Å². The SMILES string of the molecule is O=C1C[C@H]2Oc3c(c(-c4ccccc4)nn3-c3ccccc3)[C@@H](c3ccc(F)cc3)[C@H]2N1. The molecule has 1 fully saturated rings. The topological polar surface area (TPSA) is 56.1 Å². The van der Waals surface area contributed by atoms with Gasteiger partial charge in [-0.25, -0.2) is 9.07 Å². The van der Waals surface area contributed by atoms with E-state index in [2.05, 4.69) is 5.32 Å². The normalized spacial score (nSPS) is 21.4. The average Bonchev–Trinajstić information content (AvgIpc) is 3.39. The average molecular weight is 425 g/mol. The molecule has 1 N–H and O–H groups in total. The minimum Gasteiger partial charge on any atom is -0.471 e. The molecule has 0 saturated carbocycles. The standard InChI is InChI=1S/C26H20FN3O2/c27-18-13-11-16(12-14-18)22-23-24(17-7-3-1-4-8-17)29-30(19-9-5-2-6-10-19)26(23)32-20-15-21(31)28-25(20)22/h1-14,20,22,25H,15H2,(H,28,31)/t20-,22-,25+/m1/s1. The molecule has 32 heavy (non-hydrogen) atoms. The molecular weight excluding hydrogens is 405 g/mol. The zero-order valence-corrected chi connectivity index (χ0v) is 17.1. The number of amides is 1. The predicted octanol–water partition coefficient (Wildman–Crippen LogP) is 4.46. The van der Waals surface area contributed by atoms with Crippen molar-refractivity contribution in [1.29, 1.82) is 0 Å². The van der Waals surface area contributed by atoms with Gasteiger partial charge < -0.3 is 10.1 Å². The fourth-order valence-electron chi connectivity index (χ4n) is 4.79. The van der Waals surface area contributed by atoms with Crippen LogP contribution in [0.5, 0.6) is 5.88 Å². The minimum atomic E-state index is -0.326. The summed E-state index contributed by atoms with van der Waals surface area (Å²) in [4.78, 5) is 12.3. The van der Waals surface area contributed by atoms with E-state index in [1.807, 2.05) is 65.3 Å². The fourth-order valence-corrected chi connectivity index (χ4v) is 4.79. The highest BCUT2D eigenvalue weighted by atomic mass is 19.1. The first-order valence-electron chi connectivity index (χ1n) is 10.6. The smallest absolute Gasteiger partial charge is 0.224 e. The highest BCUT2D eigenvalue weighted by molar-refractivity contribution is 5.81. The lowest BCUT2D eigenvalue weighted by Gasteiger charge is -2.34. The van der Waals surface area contributed by atoms with Crippen molar-refractivity contribution in [2.75, 3.05) is 0 Å². The fraction of sp³-hybridized carbons (Fsp3) is 0.154. The van der Waals surface area contributed by atoms with E-state index in [-0.39, 0.29) is 36.2 Å². The van der Waals surface area contributed by atoms with Gasteiger partial charge >= 0.3 is 0 Å². The van der Waals surface area contributed by atoms with E-state index >= 15 is 0 Å². The number of halogens is 1. The van der Waals surface area contributed by atoms with Gasteiger partial charge in [0.15, 0.2) is 0 Å². The maximum atomic E-state index is 13.7. The number of nitrogens with one attached hydrogen (secondary N) is 1. The van der Waals surface area contributed by atoms with Gasteiger partial charge in [0.2, 0.25) is 11.8 Å². The number of para-hydroxylation sites is 1. The van der Waals surface area contributed by atoms with E-state index in [9.17, 15) is 9.18 Å². The molecule has 2 aliphatic heterocycles. The van der Waals surface area contributed by atoms with Gasteiger partial charge in [0.05, 0.1) is 23.7 Å². The second-order valence-electron chi connectivity index (χ2n) is 8.16. The summed E-state index contributed by atoms with van der Waals surface area (Å²) in [6.07, 6.45) is -0.0459. The molecule has 0 spiro atoms. The Kier molecular flexibility index (Phi) is 4.31. The molecule has 0 radical (unpaired) electrons. The molecule has 5 nitrogen and oxygen atoms in total. The van der Waals surface area contributed by atoms with Crippen LogP contribution in [0.15, 0.2) is 84.9 Å². The zero-order valence-electron chi connectivity index (χ0n) is 17.1. The van der Waals surface area contributed by atoms with Crippen LogP contribution in [-0.2, 0) is 4.79 Å². The maximum Gasteiger partial charge on any atom is 0.224 e. The summed E-state index contributed by atoms with van der Waals surface area (Å²) >= 11 is 0. The van der Waals surface area contributed by atoms with Crippen LogP contribution in [-0.4, -0.2) is 27.8 Å². The molecule has 0 bridgehead atoms. The minimum absolute atomic E-state index is 0.0438. The number of hydrogen-bond donors (Lipinski definition) is 1. The van der Waals surface area contributed by atoms with Crippen LogP contribution in [0.4, 0.5) is 4.39 Å². The Morgan fingerprint density at radius 3 is 2.34 bits per heavy atom. The van der Waals surface area contributed by atoms with Crippen molar-refractivity contribution in [2.24, 2.45) is 0 Å². The van der Waals surface area contributed by atoms with Gasteiger partial charge in [-0.2, -0.15) is 5.10 Å². The molecule has 3 atom stereocenters. The number of rotatable bonds is 3. The highest BCUT2D eigenvalue weighted by Crippen LogP contribution is 2.48. The second-order valence-corrected chi connectivity index (χ2v) is 8.16. The largest absolute Gasteiger partial charge is 0.471 e. The lowest BCUT2D eigenvalue weighted by molar-refractivity contribution is -0.119. The summed E-state index contributed by atoms with van der Waals surface area (Å²) < 4.78 is 22.0. The van der Waals surface area contributed by atoms with Crippen LogP contribution >= 0.6 is 0 Å². The molecule has 0 unspecified atom stereocenters. The monoisotopic (exact) mass is 425 g/mol. The first-order valence-corrected chi connectivity index (χ1v) is 10.6. The van der Waals surface area contributed by atoms with E-state index in [0.29, 0.717) is 5.88 Å². The number of aromatic nitrogens is 2. The van der Waals surface area contributed by atoms with Crippen molar-refractivity contribution in [2.45, 2.75) is 24.5 Å². The van der Waals surface area contributed by atoms with Crippen molar-refractivity contribution < 1.29 is 13.9 Å². The highest BCUT2D eigenvalue weighted by Gasteiger charge is 2.48. The van der Waals surface area contributed by atoms with Crippen molar-refractivity contribution in [3.05, 3.63) is 102 Å². The molecular formula is C26H20FN3O2. The number of nitrogens with zero attached hydrogens (tertiary/aromatic N) is 2. The van der Waals surface area contributed by atoms with Crippen molar-refractivity contribution in [3.63, 3.8) is 0 Å². The number of carbonyl (C=O) groups is 1. The summed E-state index contributed by atoms with van der Waals surface area (Å²) in [5, 5.41) is 8.07. The molecule has 6 heteroatoms. The summed E-state index contributed by atoms with van der Waals surface area (Å²) in [5.41, 5.74) is 4.43. The Hall–Kier alpha value is -3.93. The van der Waals surface area contributed by atoms with Crippen molar-refractivity contribution in [3.8, 4) is 22.8 Å². The van der Waals surface area contributed by atoms with E-state index in [1.54, 1.807) is 12.1 Å². The van der Waals surface area contributed by atoms with Crippen LogP contribution < -0.4 is 10.1 Å². The van der Waals surface area contributed by atoms with Crippen LogP contribution in [0.3, 0.4) is 0 Å². The Labute approximate surface area is 184 Å². The molecule has 0 aliphatic carbocycles. The van der Waals surface area contributed by atoms with Gasteiger partial charge in [0.1, 0.15) is 17.6 Å². The van der Waals surface area contributed by atoms with Gasteiger partial charge in [0, 0.05) is 11.5 Å². The molecule has 158 valence electrons. The van der Waals surface area contributed by atoms with Crippen molar-refractivity contribution in [1.82, 2.24) is 15.1 Å². The first-order chi connectivity index (χ1) is 15.7. The van der Waals surface area contributed by atoms with E-state index < -0.39 is 0 Å². The second kappa shape index (κ2) is 7.34. The Balaban J connectivity index is 1.63. The van der Waals surface area contributed by atoms with Crippen LogP contribution in [0.2, 0.25) is 0 Å². The molecule has 6 rings (SSSR count). The third-order valence-corrected chi connectivity index (χ3v) is 6.20. The quantitative estimate of drug-likeness (QED) is 0.527. The third-order valence-electron chi connectivity index (χ3n) is 6.20. The van der Waals surface area contributed by atoms with Crippen LogP contribution in [0, 0.1) is 5.82 Å². The number of carbonyl (C=O) groups excluding carboxylic acids is 1. The van der Waals surface area contributed by atoms with Crippen molar-refractivity contribution >= 4 is 5.91 Å². The first kappa shape index (κ1) is 18.8. The number of fused-ring (bicyclic) bond motifs is 2. The number of ether oxygens (including phenoxy) is 1. The van der Waals surface area contributed by atoms with E-state index in [0.717, 1.165) is 28.1 Å². The lowest BCUT2D eigenvalue weighted by Crippen LogP contribution is -2.44. The molecule has 1 amide bonds. The summed E-state index contributed by atoms with van der Waals surface area (Å²) in [6.45, 7) is 0. The van der Waals surface area contributed by atoms with E-state index in [1.165, 1.54) is 12.1 Å². The zero-order chi connectivity index (χ0) is 21.7. The maximum absolute atomic E-state index is 13.7. The van der Waals surface area contributed by atoms with Gasteiger partial charge in [0.25, 0.3) is 0 Å². The summed E-state index contributed by atoms with van der Waals surface area (Å²) in [6, 6.07) is 26.0. The molecule has 3 aromatic carbocycles. The molecule has 1 saturated heterocycles. The lowest BCUT2D eigenvalue weighted by atomic mass is 9.80. The number of hydrogen-bond acceptors (Lipinski definition) is 3. The summed E-state index contributed by atoms with van der Waals surface area (Å²) in [5.74, 6) is 0.0691. The Morgan fingerprint density at radius 1 is 0.938 bits per heavy atom. The Morgan fingerprint density at radius 2 is 1.62 bits per heavy atom. The number of benzene rings is 3. The van der Waals surface area contributed by atoms with Crippen LogP contribution in [0.25, 0.3) is 16.9 Å². The molecule has 1 aromatic heterocycles. The molecule has 4 aromatic rings. The third kappa shape index (κ3) is 2.99.